The fourth-order valence-electron chi connectivity index (χ4n) is 1.67. The van der Waals surface area contributed by atoms with Gasteiger partial charge in [0, 0.05) is 0 Å². The van der Waals surface area contributed by atoms with Gasteiger partial charge in [-0.2, -0.15) is 0 Å². The molecule has 0 aliphatic heterocycles. The first-order valence-electron chi connectivity index (χ1n) is 7.26. The van der Waals surface area contributed by atoms with Crippen LogP contribution >= 0.6 is 0 Å². The van der Waals surface area contributed by atoms with Crippen molar-refractivity contribution in [1.82, 2.24) is 0 Å². The predicted octanol–water partition coefficient (Wildman–Crippen LogP) is 3.91. The quantitative estimate of drug-likeness (QED) is 0.514. The van der Waals surface area contributed by atoms with Crippen molar-refractivity contribution < 1.29 is 9.53 Å². The SMILES string of the molecule is CC(C)=CCC/C(C)=C/CC/C(C)=C/COC(=O)CN. The molecule has 0 saturated carbocycles. The average Bonchev–Trinajstić information content (AvgIpc) is 2.38. The minimum Gasteiger partial charge on any atom is -0.461 e. The second-order valence-corrected chi connectivity index (χ2v) is 5.35. The van der Waals surface area contributed by atoms with E-state index in [1.54, 1.807) is 0 Å². The van der Waals surface area contributed by atoms with Gasteiger partial charge in [-0.1, -0.05) is 28.9 Å². The summed E-state index contributed by atoms with van der Waals surface area (Å²) in [7, 11) is 0. The summed E-state index contributed by atoms with van der Waals surface area (Å²) in [6.45, 7) is 8.77. The standard InChI is InChI=1S/C17H29NO2/c1-14(2)7-5-8-15(3)9-6-10-16(4)11-12-20-17(19)13-18/h7,9,11H,5-6,8,10,12-13,18H2,1-4H3/b15-9+,16-11+. The number of allylic oxidation sites excluding steroid dienone is 5. The van der Waals surface area contributed by atoms with Gasteiger partial charge in [-0.25, -0.2) is 0 Å². The van der Waals surface area contributed by atoms with Crippen molar-refractivity contribution in [3.63, 3.8) is 0 Å². The van der Waals surface area contributed by atoms with Crippen LogP contribution < -0.4 is 5.73 Å². The van der Waals surface area contributed by atoms with Gasteiger partial charge in [0.25, 0.3) is 0 Å². The van der Waals surface area contributed by atoms with E-state index in [2.05, 4.69) is 39.8 Å². The molecule has 0 atom stereocenters. The maximum absolute atomic E-state index is 10.9. The second-order valence-electron chi connectivity index (χ2n) is 5.35. The van der Waals surface area contributed by atoms with Crippen LogP contribution in [0.2, 0.25) is 0 Å². The van der Waals surface area contributed by atoms with E-state index >= 15 is 0 Å². The van der Waals surface area contributed by atoms with E-state index in [1.807, 2.05) is 6.08 Å². The minimum atomic E-state index is -0.357. The molecule has 0 aromatic rings. The molecule has 0 radical (unpaired) electrons. The fourth-order valence-corrected chi connectivity index (χ4v) is 1.67. The summed E-state index contributed by atoms with van der Waals surface area (Å²) < 4.78 is 4.90. The van der Waals surface area contributed by atoms with Crippen molar-refractivity contribution in [3.05, 3.63) is 34.9 Å². The van der Waals surface area contributed by atoms with E-state index in [9.17, 15) is 4.79 Å². The number of carbonyl (C=O) groups is 1. The topological polar surface area (TPSA) is 52.3 Å². The Balaban J connectivity index is 3.88. The van der Waals surface area contributed by atoms with Gasteiger partial charge >= 0.3 is 5.97 Å². The lowest BCUT2D eigenvalue weighted by Gasteiger charge is -2.02. The lowest BCUT2D eigenvalue weighted by atomic mass is 10.1. The van der Waals surface area contributed by atoms with Crippen LogP contribution in [0.4, 0.5) is 0 Å². The van der Waals surface area contributed by atoms with Crippen molar-refractivity contribution in [3.8, 4) is 0 Å². The minimum absolute atomic E-state index is 0.0551. The van der Waals surface area contributed by atoms with E-state index in [0.29, 0.717) is 6.61 Å². The number of hydrogen-bond acceptors (Lipinski definition) is 3. The zero-order chi connectivity index (χ0) is 15.4. The molecule has 0 fully saturated rings. The zero-order valence-electron chi connectivity index (χ0n) is 13.4. The Labute approximate surface area is 123 Å². The third kappa shape index (κ3) is 11.7. The van der Waals surface area contributed by atoms with Gasteiger partial charge in [0.1, 0.15) is 6.61 Å². The number of carbonyl (C=O) groups excluding carboxylic acids is 1. The van der Waals surface area contributed by atoms with Crippen LogP contribution in [0.3, 0.4) is 0 Å². The molecule has 20 heavy (non-hydrogen) atoms. The predicted molar refractivity (Wildman–Crippen MR) is 85.4 cm³/mol. The molecule has 0 aliphatic rings. The fraction of sp³-hybridized carbons (Fsp3) is 0.588. The Hall–Kier alpha value is -1.35. The molecule has 0 rings (SSSR count). The van der Waals surface area contributed by atoms with Gasteiger partial charge in [-0.3, -0.25) is 4.79 Å². The third-order valence-corrected chi connectivity index (χ3v) is 2.97. The van der Waals surface area contributed by atoms with Crippen molar-refractivity contribution >= 4 is 5.97 Å². The van der Waals surface area contributed by atoms with Gasteiger partial charge in [0.05, 0.1) is 6.54 Å². The highest BCUT2D eigenvalue weighted by molar-refractivity contribution is 5.71. The molecule has 0 aromatic heterocycles. The molecule has 3 heteroatoms. The Morgan fingerprint density at radius 1 is 0.950 bits per heavy atom. The van der Waals surface area contributed by atoms with Gasteiger partial charge in [0.15, 0.2) is 0 Å². The smallest absolute Gasteiger partial charge is 0.320 e. The molecular formula is C17H29NO2. The van der Waals surface area contributed by atoms with Crippen LogP contribution in [0.5, 0.6) is 0 Å². The van der Waals surface area contributed by atoms with Crippen LogP contribution in [-0.4, -0.2) is 19.1 Å². The van der Waals surface area contributed by atoms with Crippen molar-refractivity contribution in [1.29, 1.82) is 0 Å². The van der Waals surface area contributed by atoms with Gasteiger partial charge in [0.2, 0.25) is 0 Å². The maximum Gasteiger partial charge on any atom is 0.320 e. The molecule has 2 N–H and O–H groups in total. The Kier molecular flexibility index (Phi) is 10.7. The van der Waals surface area contributed by atoms with Crippen LogP contribution in [0.1, 0.15) is 53.4 Å². The number of rotatable bonds is 9. The summed E-state index contributed by atoms with van der Waals surface area (Å²) in [6, 6.07) is 0. The normalized spacial score (nSPS) is 12.2. The molecule has 0 bridgehead atoms. The first-order chi connectivity index (χ1) is 9.45. The third-order valence-electron chi connectivity index (χ3n) is 2.97. The molecule has 0 unspecified atom stereocenters. The number of hydrogen-bond donors (Lipinski definition) is 1. The van der Waals surface area contributed by atoms with Crippen LogP contribution in [0.15, 0.2) is 34.9 Å². The summed E-state index contributed by atoms with van der Waals surface area (Å²) in [5.74, 6) is -0.357. The monoisotopic (exact) mass is 279 g/mol. The maximum atomic E-state index is 10.9. The van der Waals surface area contributed by atoms with E-state index in [0.717, 1.165) is 25.7 Å². The Bertz CT molecular complexity index is 374. The van der Waals surface area contributed by atoms with Crippen molar-refractivity contribution in [2.75, 3.05) is 13.2 Å². The average molecular weight is 279 g/mol. The number of ether oxygens (including phenoxy) is 1. The van der Waals surface area contributed by atoms with Gasteiger partial charge in [-0.15, -0.1) is 0 Å². The summed E-state index contributed by atoms with van der Waals surface area (Å²) in [4.78, 5) is 10.9. The van der Waals surface area contributed by atoms with E-state index < -0.39 is 0 Å². The summed E-state index contributed by atoms with van der Waals surface area (Å²) in [5.41, 5.74) is 9.21. The molecule has 0 aromatic carbocycles. The van der Waals surface area contributed by atoms with Crippen molar-refractivity contribution in [2.24, 2.45) is 5.73 Å². The molecule has 0 amide bonds. The van der Waals surface area contributed by atoms with Crippen LogP contribution in [0.25, 0.3) is 0 Å². The van der Waals surface area contributed by atoms with Crippen molar-refractivity contribution in [2.45, 2.75) is 53.4 Å². The molecule has 0 saturated heterocycles. The summed E-state index contributed by atoms with van der Waals surface area (Å²) >= 11 is 0. The molecule has 0 heterocycles. The molecule has 114 valence electrons. The molecule has 3 nitrogen and oxygen atoms in total. The van der Waals surface area contributed by atoms with Crippen LogP contribution in [-0.2, 0) is 9.53 Å². The zero-order valence-corrected chi connectivity index (χ0v) is 13.4. The summed E-state index contributed by atoms with van der Waals surface area (Å²) in [5, 5.41) is 0. The first-order valence-corrected chi connectivity index (χ1v) is 7.26. The highest BCUT2D eigenvalue weighted by atomic mass is 16.5. The second kappa shape index (κ2) is 11.5. The lowest BCUT2D eigenvalue weighted by Crippen LogP contribution is -2.16. The van der Waals surface area contributed by atoms with Gasteiger partial charge in [-0.05, 0) is 59.5 Å². The van der Waals surface area contributed by atoms with E-state index in [4.69, 9.17) is 10.5 Å². The van der Waals surface area contributed by atoms with E-state index in [-0.39, 0.29) is 12.5 Å². The largest absolute Gasteiger partial charge is 0.461 e. The van der Waals surface area contributed by atoms with Crippen LogP contribution in [0, 0.1) is 0 Å². The Morgan fingerprint density at radius 2 is 1.50 bits per heavy atom. The number of nitrogens with two attached hydrogens (primary N) is 1. The highest BCUT2D eigenvalue weighted by Crippen LogP contribution is 2.11. The highest BCUT2D eigenvalue weighted by Gasteiger charge is 1.96. The molecule has 0 aliphatic carbocycles. The summed E-state index contributed by atoms with van der Waals surface area (Å²) in [6.07, 6.45) is 10.8. The molecular weight excluding hydrogens is 250 g/mol. The van der Waals surface area contributed by atoms with Gasteiger partial charge < -0.3 is 10.5 Å². The lowest BCUT2D eigenvalue weighted by molar-refractivity contribution is -0.140. The number of esters is 1. The Morgan fingerprint density at radius 3 is 2.05 bits per heavy atom. The first kappa shape index (κ1) is 18.7. The van der Waals surface area contributed by atoms with E-state index in [1.165, 1.54) is 16.7 Å². The molecule has 0 spiro atoms.